The van der Waals surface area contributed by atoms with Gasteiger partial charge in [0.25, 0.3) is 0 Å². The zero-order valence-electron chi connectivity index (χ0n) is 9.44. The van der Waals surface area contributed by atoms with Gasteiger partial charge in [-0.2, -0.15) is 0 Å². The molecule has 2 heterocycles. The predicted molar refractivity (Wildman–Crippen MR) is 58.5 cm³/mol. The van der Waals surface area contributed by atoms with Crippen molar-refractivity contribution in [2.45, 2.75) is 31.8 Å². The molecule has 0 bridgehead atoms. The Bertz CT molecular complexity index is 362. The average molecular weight is 223 g/mol. The Labute approximate surface area is 94.4 Å². The number of amides is 1. The summed E-state index contributed by atoms with van der Waals surface area (Å²) in [6, 6.07) is -0.0980. The van der Waals surface area contributed by atoms with Crippen LogP contribution in [-0.2, 0) is 18.4 Å². The number of nitrogens with one attached hydrogen (secondary N) is 2. The third-order valence-electron chi connectivity index (χ3n) is 2.85. The van der Waals surface area contributed by atoms with Crippen LogP contribution in [0.1, 0.15) is 25.1 Å². The first-order chi connectivity index (χ1) is 7.77. The van der Waals surface area contributed by atoms with E-state index in [1.165, 1.54) is 0 Å². The van der Waals surface area contributed by atoms with Crippen LogP contribution in [-0.4, -0.2) is 33.3 Å². The van der Waals surface area contributed by atoms with E-state index in [2.05, 4.69) is 20.8 Å². The van der Waals surface area contributed by atoms with E-state index in [9.17, 15) is 4.79 Å². The van der Waals surface area contributed by atoms with Crippen LogP contribution >= 0.6 is 0 Å². The molecule has 2 N–H and O–H groups in total. The Kier molecular flexibility index (Phi) is 3.51. The van der Waals surface area contributed by atoms with E-state index in [1.54, 1.807) is 6.33 Å². The lowest BCUT2D eigenvalue weighted by Crippen LogP contribution is -2.42. The third-order valence-corrected chi connectivity index (χ3v) is 2.85. The van der Waals surface area contributed by atoms with Gasteiger partial charge in [0.1, 0.15) is 12.2 Å². The summed E-state index contributed by atoms with van der Waals surface area (Å²) in [6.07, 6.45) is 4.69. The summed E-state index contributed by atoms with van der Waals surface area (Å²) in [4.78, 5) is 11.6. The second kappa shape index (κ2) is 5.07. The first-order valence-corrected chi connectivity index (χ1v) is 5.61. The van der Waals surface area contributed by atoms with Crippen molar-refractivity contribution < 1.29 is 4.79 Å². The lowest BCUT2D eigenvalue weighted by atomic mass is 10.1. The maximum atomic E-state index is 11.6. The quantitative estimate of drug-likeness (QED) is 0.729. The number of hydrogen-bond acceptors (Lipinski definition) is 4. The fraction of sp³-hybridized carbons (Fsp3) is 0.700. The number of aryl methyl sites for hydroxylation is 1. The maximum absolute atomic E-state index is 11.6. The van der Waals surface area contributed by atoms with E-state index >= 15 is 0 Å². The van der Waals surface area contributed by atoms with Crippen molar-refractivity contribution in [2.75, 3.05) is 6.54 Å². The summed E-state index contributed by atoms with van der Waals surface area (Å²) < 4.78 is 1.85. The number of hydrogen-bond donors (Lipinski definition) is 2. The van der Waals surface area contributed by atoms with E-state index < -0.39 is 0 Å². The Morgan fingerprint density at radius 3 is 3.25 bits per heavy atom. The van der Waals surface area contributed by atoms with Crippen LogP contribution in [0.15, 0.2) is 6.33 Å². The molecule has 1 fully saturated rings. The average Bonchev–Trinajstić information content (AvgIpc) is 2.56. The number of carbonyl (C=O) groups excluding carboxylic acids is 1. The van der Waals surface area contributed by atoms with Crippen LogP contribution in [0.25, 0.3) is 0 Å². The molecule has 1 saturated heterocycles. The smallest absolute Gasteiger partial charge is 0.237 e. The topological polar surface area (TPSA) is 71.8 Å². The summed E-state index contributed by atoms with van der Waals surface area (Å²) in [6.45, 7) is 1.37. The fourth-order valence-electron chi connectivity index (χ4n) is 1.82. The third kappa shape index (κ3) is 2.57. The molecule has 1 aromatic heterocycles. The normalized spacial score (nSPS) is 21.6. The first-order valence-electron chi connectivity index (χ1n) is 5.61. The van der Waals surface area contributed by atoms with Crippen molar-refractivity contribution in [1.82, 2.24) is 25.4 Å². The molecule has 0 spiro atoms. The number of rotatable bonds is 3. The number of aromatic nitrogens is 3. The predicted octanol–water partition coefficient (Wildman–Crippen LogP) is -0.427. The van der Waals surface area contributed by atoms with Crippen LogP contribution in [0.3, 0.4) is 0 Å². The van der Waals surface area contributed by atoms with E-state index in [4.69, 9.17) is 0 Å². The maximum Gasteiger partial charge on any atom is 0.237 e. The van der Waals surface area contributed by atoms with Crippen LogP contribution in [0.2, 0.25) is 0 Å². The standard InChI is InChI=1S/C10H17N5O/c1-15-7-13-14-9(15)6-12-8-4-2-3-5-11-10(8)16/h7-8,12H,2-6H2,1H3,(H,11,16). The molecule has 1 aliphatic rings. The second-order valence-corrected chi connectivity index (χ2v) is 4.08. The van der Waals surface area contributed by atoms with Crippen molar-refractivity contribution in [3.05, 3.63) is 12.2 Å². The van der Waals surface area contributed by atoms with Crippen molar-refractivity contribution >= 4 is 5.91 Å². The summed E-state index contributed by atoms with van der Waals surface area (Å²) in [5, 5.41) is 13.9. The van der Waals surface area contributed by atoms with Crippen LogP contribution in [0, 0.1) is 0 Å². The molecular weight excluding hydrogens is 206 g/mol. The monoisotopic (exact) mass is 223 g/mol. The fourth-order valence-corrected chi connectivity index (χ4v) is 1.82. The number of carbonyl (C=O) groups is 1. The Balaban J connectivity index is 1.89. The molecule has 1 atom stereocenters. The first kappa shape index (κ1) is 11.1. The minimum absolute atomic E-state index is 0.0969. The van der Waals surface area contributed by atoms with Gasteiger partial charge in [0, 0.05) is 13.6 Å². The molecule has 0 saturated carbocycles. The molecule has 16 heavy (non-hydrogen) atoms. The SMILES string of the molecule is Cn1cnnc1CNC1CCCCNC1=O. The van der Waals surface area contributed by atoms with Gasteiger partial charge in [0.2, 0.25) is 5.91 Å². The summed E-state index contributed by atoms with van der Waals surface area (Å²) in [5.74, 6) is 0.941. The zero-order valence-corrected chi connectivity index (χ0v) is 9.44. The largest absolute Gasteiger partial charge is 0.355 e. The molecule has 1 aliphatic heterocycles. The van der Waals surface area contributed by atoms with Gasteiger partial charge >= 0.3 is 0 Å². The van der Waals surface area contributed by atoms with Gasteiger partial charge in [-0.3, -0.25) is 10.1 Å². The van der Waals surface area contributed by atoms with Gasteiger partial charge in [-0.15, -0.1) is 10.2 Å². The van der Waals surface area contributed by atoms with Crippen LogP contribution in [0.5, 0.6) is 0 Å². The van der Waals surface area contributed by atoms with E-state index in [0.29, 0.717) is 6.54 Å². The van der Waals surface area contributed by atoms with Gasteiger partial charge in [-0.1, -0.05) is 0 Å². The van der Waals surface area contributed by atoms with Crippen LogP contribution < -0.4 is 10.6 Å². The molecule has 0 radical (unpaired) electrons. The Morgan fingerprint density at radius 2 is 2.50 bits per heavy atom. The lowest BCUT2D eigenvalue weighted by molar-refractivity contribution is -0.122. The molecule has 1 unspecified atom stereocenters. The second-order valence-electron chi connectivity index (χ2n) is 4.08. The molecule has 0 aromatic carbocycles. The lowest BCUT2D eigenvalue weighted by Gasteiger charge is -2.14. The molecule has 6 nitrogen and oxygen atoms in total. The highest BCUT2D eigenvalue weighted by atomic mass is 16.2. The van der Waals surface area contributed by atoms with Crippen LogP contribution in [0.4, 0.5) is 0 Å². The highest BCUT2D eigenvalue weighted by Gasteiger charge is 2.20. The molecule has 88 valence electrons. The molecular formula is C10H17N5O. The van der Waals surface area contributed by atoms with Gasteiger partial charge < -0.3 is 9.88 Å². The van der Waals surface area contributed by atoms with Gasteiger partial charge in [0.15, 0.2) is 0 Å². The van der Waals surface area contributed by atoms with E-state index in [1.807, 2.05) is 11.6 Å². The summed E-state index contributed by atoms with van der Waals surface area (Å²) >= 11 is 0. The van der Waals surface area contributed by atoms with E-state index in [0.717, 1.165) is 31.6 Å². The van der Waals surface area contributed by atoms with Crippen molar-refractivity contribution in [3.8, 4) is 0 Å². The van der Waals surface area contributed by atoms with Gasteiger partial charge in [-0.05, 0) is 19.3 Å². The minimum Gasteiger partial charge on any atom is -0.355 e. The number of nitrogens with zero attached hydrogens (tertiary/aromatic N) is 3. The van der Waals surface area contributed by atoms with Gasteiger partial charge in [0.05, 0.1) is 12.6 Å². The highest BCUT2D eigenvalue weighted by molar-refractivity contribution is 5.81. The Hall–Kier alpha value is -1.43. The van der Waals surface area contributed by atoms with Crippen molar-refractivity contribution in [3.63, 3.8) is 0 Å². The van der Waals surface area contributed by atoms with Crippen molar-refractivity contribution in [1.29, 1.82) is 0 Å². The summed E-state index contributed by atoms with van der Waals surface area (Å²) in [5.41, 5.74) is 0. The molecule has 0 aliphatic carbocycles. The molecule has 1 amide bonds. The van der Waals surface area contributed by atoms with E-state index in [-0.39, 0.29) is 11.9 Å². The van der Waals surface area contributed by atoms with Crippen molar-refractivity contribution in [2.24, 2.45) is 7.05 Å². The Morgan fingerprint density at radius 1 is 1.62 bits per heavy atom. The summed E-state index contributed by atoms with van der Waals surface area (Å²) in [7, 11) is 1.89. The van der Waals surface area contributed by atoms with Gasteiger partial charge in [-0.25, -0.2) is 0 Å². The molecule has 6 heteroatoms. The zero-order chi connectivity index (χ0) is 11.4. The minimum atomic E-state index is -0.0980. The molecule has 1 aromatic rings. The molecule has 2 rings (SSSR count). The highest BCUT2D eigenvalue weighted by Crippen LogP contribution is 2.05.